The van der Waals surface area contributed by atoms with E-state index in [9.17, 15) is 0 Å². The van der Waals surface area contributed by atoms with E-state index in [1.165, 1.54) is 5.56 Å². The molecule has 2 rings (SSSR count). The molecule has 1 aromatic heterocycles. The standard InChI is InChI=1S/C12H13ClN2/c1-9-4-5-12(11(13)7-9)15-8-10-3-2-6-14-10/h2-7,14-15H,8H2,1H3. The van der Waals surface area contributed by atoms with Gasteiger partial charge < -0.3 is 10.3 Å². The molecule has 0 amide bonds. The minimum atomic E-state index is 0.760. The molecule has 0 aliphatic rings. The molecule has 2 aromatic rings. The number of H-pyrrole nitrogens is 1. The maximum absolute atomic E-state index is 6.10. The second-order valence-electron chi connectivity index (χ2n) is 3.53. The number of aromatic nitrogens is 1. The molecular formula is C12H13ClN2. The van der Waals surface area contributed by atoms with E-state index in [1.54, 1.807) is 0 Å². The lowest BCUT2D eigenvalue weighted by Crippen LogP contribution is -2.00. The van der Waals surface area contributed by atoms with Gasteiger partial charge in [-0.3, -0.25) is 0 Å². The maximum Gasteiger partial charge on any atom is 0.0640 e. The molecule has 15 heavy (non-hydrogen) atoms. The van der Waals surface area contributed by atoms with Crippen LogP contribution in [0, 0.1) is 6.92 Å². The molecule has 2 N–H and O–H groups in total. The van der Waals surface area contributed by atoms with Crippen LogP contribution in [0.2, 0.25) is 5.02 Å². The fraction of sp³-hybridized carbons (Fsp3) is 0.167. The van der Waals surface area contributed by atoms with Crippen LogP contribution >= 0.6 is 11.6 Å². The first-order valence-corrected chi connectivity index (χ1v) is 5.26. The van der Waals surface area contributed by atoms with Crippen LogP contribution in [-0.2, 0) is 6.54 Å². The second-order valence-corrected chi connectivity index (χ2v) is 3.94. The van der Waals surface area contributed by atoms with Gasteiger partial charge in [-0.2, -0.15) is 0 Å². The Bertz CT molecular complexity index is 435. The van der Waals surface area contributed by atoms with Crippen molar-refractivity contribution in [1.82, 2.24) is 4.98 Å². The lowest BCUT2D eigenvalue weighted by Gasteiger charge is -2.07. The summed E-state index contributed by atoms with van der Waals surface area (Å²) in [7, 11) is 0. The summed E-state index contributed by atoms with van der Waals surface area (Å²) in [5.74, 6) is 0. The number of hydrogen-bond donors (Lipinski definition) is 2. The van der Waals surface area contributed by atoms with E-state index in [1.807, 2.05) is 43.5 Å². The van der Waals surface area contributed by atoms with Gasteiger partial charge in [0.05, 0.1) is 17.3 Å². The number of aryl methyl sites for hydroxylation is 1. The Labute approximate surface area is 94.3 Å². The van der Waals surface area contributed by atoms with E-state index >= 15 is 0 Å². The minimum Gasteiger partial charge on any atom is -0.378 e. The Balaban J connectivity index is 2.05. The van der Waals surface area contributed by atoms with Crippen molar-refractivity contribution in [3.8, 4) is 0 Å². The molecule has 2 nitrogen and oxygen atoms in total. The zero-order valence-corrected chi connectivity index (χ0v) is 9.31. The molecule has 0 saturated heterocycles. The molecule has 0 saturated carbocycles. The predicted octanol–water partition coefficient (Wildman–Crippen LogP) is 3.59. The second kappa shape index (κ2) is 4.41. The highest BCUT2D eigenvalue weighted by molar-refractivity contribution is 6.33. The molecule has 0 spiro atoms. The first-order valence-electron chi connectivity index (χ1n) is 4.88. The van der Waals surface area contributed by atoms with E-state index in [-0.39, 0.29) is 0 Å². The van der Waals surface area contributed by atoms with E-state index in [4.69, 9.17) is 11.6 Å². The number of halogens is 1. The van der Waals surface area contributed by atoms with E-state index in [0.717, 1.165) is 22.9 Å². The van der Waals surface area contributed by atoms with Crippen molar-refractivity contribution in [1.29, 1.82) is 0 Å². The predicted molar refractivity (Wildman–Crippen MR) is 64.3 cm³/mol. The summed E-state index contributed by atoms with van der Waals surface area (Å²) in [6.45, 7) is 2.79. The third kappa shape index (κ3) is 2.54. The van der Waals surface area contributed by atoms with Crippen LogP contribution in [0.1, 0.15) is 11.3 Å². The van der Waals surface area contributed by atoms with Crippen LogP contribution in [0.4, 0.5) is 5.69 Å². The molecular weight excluding hydrogens is 208 g/mol. The van der Waals surface area contributed by atoms with E-state index in [0.29, 0.717) is 0 Å². The van der Waals surface area contributed by atoms with Gasteiger partial charge in [-0.05, 0) is 36.8 Å². The lowest BCUT2D eigenvalue weighted by molar-refractivity contribution is 1.07. The third-order valence-corrected chi connectivity index (χ3v) is 2.57. The maximum atomic E-state index is 6.10. The molecule has 0 aliphatic carbocycles. The Morgan fingerprint density at radius 2 is 2.20 bits per heavy atom. The molecule has 1 heterocycles. The topological polar surface area (TPSA) is 27.8 Å². The van der Waals surface area contributed by atoms with E-state index in [2.05, 4.69) is 10.3 Å². The number of nitrogens with one attached hydrogen (secondary N) is 2. The van der Waals surface area contributed by atoms with Crippen molar-refractivity contribution < 1.29 is 0 Å². The third-order valence-electron chi connectivity index (χ3n) is 2.26. The Morgan fingerprint density at radius 3 is 2.87 bits per heavy atom. The largest absolute Gasteiger partial charge is 0.378 e. The number of rotatable bonds is 3. The quantitative estimate of drug-likeness (QED) is 0.813. The van der Waals surface area contributed by atoms with Gasteiger partial charge in [0.15, 0.2) is 0 Å². The summed E-state index contributed by atoms with van der Waals surface area (Å²) < 4.78 is 0. The number of hydrogen-bond acceptors (Lipinski definition) is 1. The first-order chi connectivity index (χ1) is 7.25. The van der Waals surface area contributed by atoms with Gasteiger partial charge in [0.2, 0.25) is 0 Å². The molecule has 0 aliphatic heterocycles. The first kappa shape index (κ1) is 10.1. The summed E-state index contributed by atoms with van der Waals surface area (Å²) in [4.78, 5) is 3.13. The molecule has 0 bridgehead atoms. The number of aromatic amines is 1. The highest BCUT2D eigenvalue weighted by Crippen LogP contribution is 2.22. The number of benzene rings is 1. The zero-order valence-electron chi connectivity index (χ0n) is 8.55. The van der Waals surface area contributed by atoms with Crippen LogP contribution in [0.15, 0.2) is 36.5 Å². The van der Waals surface area contributed by atoms with Crippen LogP contribution in [0.25, 0.3) is 0 Å². The van der Waals surface area contributed by atoms with Crippen LogP contribution in [0.3, 0.4) is 0 Å². The lowest BCUT2D eigenvalue weighted by atomic mass is 10.2. The van der Waals surface area contributed by atoms with Crippen molar-refractivity contribution in [2.75, 3.05) is 5.32 Å². The fourth-order valence-electron chi connectivity index (χ4n) is 1.43. The van der Waals surface area contributed by atoms with Gasteiger partial charge in [-0.1, -0.05) is 17.7 Å². The van der Waals surface area contributed by atoms with Crippen molar-refractivity contribution >= 4 is 17.3 Å². The zero-order chi connectivity index (χ0) is 10.7. The molecule has 0 atom stereocenters. The van der Waals surface area contributed by atoms with Gasteiger partial charge in [0.1, 0.15) is 0 Å². The summed E-state index contributed by atoms with van der Waals surface area (Å²) in [6, 6.07) is 10.0. The SMILES string of the molecule is Cc1ccc(NCc2ccc[nH]2)c(Cl)c1. The normalized spacial score (nSPS) is 10.3. The monoisotopic (exact) mass is 220 g/mol. The summed E-state index contributed by atoms with van der Waals surface area (Å²) in [6.07, 6.45) is 1.91. The summed E-state index contributed by atoms with van der Waals surface area (Å²) >= 11 is 6.10. The van der Waals surface area contributed by atoms with Crippen LogP contribution in [-0.4, -0.2) is 4.98 Å². The smallest absolute Gasteiger partial charge is 0.0640 e. The Kier molecular flexibility index (Phi) is 2.97. The van der Waals surface area contributed by atoms with Crippen LogP contribution < -0.4 is 5.32 Å². The molecule has 78 valence electrons. The molecule has 0 fully saturated rings. The van der Waals surface area contributed by atoms with Gasteiger partial charge in [-0.15, -0.1) is 0 Å². The summed E-state index contributed by atoms with van der Waals surface area (Å²) in [5.41, 5.74) is 3.29. The van der Waals surface area contributed by atoms with Gasteiger partial charge in [-0.25, -0.2) is 0 Å². The Morgan fingerprint density at radius 1 is 1.33 bits per heavy atom. The minimum absolute atomic E-state index is 0.760. The van der Waals surface area contributed by atoms with Crippen molar-refractivity contribution in [2.24, 2.45) is 0 Å². The summed E-state index contributed by atoms with van der Waals surface area (Å²) in [5, 5.41) is 4.04. The fourth-order valence-corrected chi connectivity index (χ4v) is 1.73. The van der Waals surface area contributed by atoms with Gasteiger partial charge in [0.25, 0.3) is 0 Å². The average molecular weight is 221 g/mol. The Hall–Kier alpha value is -1.41. The van der Waals surface area contributed by atoms with Crippen LogP contribution in [0.5, 0.6) is 0 Å². The van der Waals surface area contributed by atoms with Gasteiger partial charge in [0, 0.05) is 11.9 Å². The molecule has 3 heteroatoms. The highest BCUT2D eigenvalue weighted by atomic mass is 35.5. The van der Waals surface area contributed by atoms with E-state index < -0.39 is 0 Å². The molecule has 0 radical (unpaired) electrons. The molecule has 0 unspecified atom stereocenters. The van der Waals surface area contributed by atoms with Crippen molar-refractivity contribution in [3.63, 3.8) is 0 Å². The van der Waals surface area contributed by atoms with Gasteiger partial charge >= 0.3 is 0 Å². The number of anilines is 1. The molecule has 1 aromatic carbocycles. The van der Waals surface area contributed by atoms with Crippen molar-refractivity contribution in [3.05, 3.63) is 52.8 Å². The highest BCUT2D eigenvalue weighted by Gasteiger charge is 1.99. The average Bonchev–Trinajstić information content (AvgIpc) is 2.69. The van der Waals surface area contributed by atoms with Crippen molar-refractivity contribution in [2.45, 2.75) is 13.5 Å².